The van der Waals surface area contributed by atoms with E-state index in [2.05, 4.69) is 10.6 Å². The van der Waals surface area contributed by atoms with Crippen LogP contribution in [0.1, 0.15) is 16.8 Å². The highest BCUT2D eigenvalue weighted by Gasteiger charge is 2.22. The summed E-state index contributed by atoms with van der Waals surface area (Å²) in [4.78, 5) is 13.7. The van der Waals surface area contributed by atoms with Crippen LogP contribution in [-0.2, 0) is 10.0 Å². The number of sulfonamides is 1. The molecule has 0 atom stereocenters. The van der Waals surface area contributed by atoms with Crippen molar-refractivity contribution in [1.82, 2.24) is 9.62 Å². The van der Waals surface area contributed by atoms with E-state index >= 15 is 0 Å². The van der Waals surface area contributed by atoms with E-state index in [1.807, 2.05) is 0 Å². The molecule has 0 bridgehead atoms. The molecule has 1 aliphatic heterocycles. The van der Waals surface area contributed by atoms with E-state index < -0.39 is 10.0 Å². The van der Waals surface area contributed by atoms with Crippen LogP contribution in [-0.4, -0.2) is 38.9 Å². The number of benzene rings is 1. The maximum absolute atomic E-state index is 11.9. The fourth-order valence-electron chi connectivity index (χ4n) is 1.70. The summed E-state index contributed by atoms with van der Waals surface area (Å²) >= 11 is 0. The predicted octanol–water partition coefficient (Wildman–Crippen LogP) is 0.444. The van der Waals surface area contributed by atoms with Crippen molar-refractivity contribution in [2.75, 3.05) is 19.6 Å². The number of terminal acetylenes is 1. The van der Waals surface area contributed by atoms with Crippen molar-refractivity contribution in [1.29, 1.82) is 0 Å². The number of amides is 1. The molecule has 0 spiro atoms. The number of nitrogens with zero attached hydrogens (tertiary/aromatic N) is 1. The van der Waals surface area contributed by atoms with Gasteiger partial charge < -0.3 is 4.90 Å². The molecular weight excluding hydrogens is 264 g/mol. The van der Waals surface area contributed by atoms with Gasteiger partial charge in [-0.25, -0.2) is 8.42 Å². The van der Waals surface area contributed by atoms with E-state index in [4.69, 9.17) is 6.42 Å². The van der Waals surface area contributed by atoms with Crippen LogP contribution in [0.4, 0.5) is 0 Å². The summed E-state index contributed by atoms with van der Waals surface area (Å²) in [6.45, 7) is 1.47. The molecule has 6 heteroatoms. The predicted molar refractivity (Wildman–Crippen MR) is 71.0 cm³/mol. The van der Waals surface area contributed by atoms with E-state index in [0.717, 1.165) is 19.5 Å². The number of carbonyl (C=O) groups is 1. The molecule has 2 rings (SSSR count). The minimum atomic E-state index is -3.59. The first kappa shape index (κ1) is 13.6. The molecule has 1 aromatic carbocycles. The maximum atomic E-state index is 11.9. The fraction of sp³-hybridized carbons (Fsp3) is 0.308. The van der Waals surface area contributed by atoms with Crippen LogP contribution in [0.5, 0.6) is 0 Å². The fourth-order valence-corrected chi connectivity index (χ4v) is 2.63. The first-order chi connectivity index (χ1) is 9.04. The Labute approximate surface area is 112 Å². The molecule has 0 saturated carbocycles. The molecule has 1 saturated heterocycles. The number of nitrogens with one attached hydrogen (secondary N) is 1. The lowest BCUT2D eigenvalue weighted by atomic mass is 10.1. The maximum Gasteiger partial charge on any atom is 0.253 e. The summed E-state index contributed by atoms with van der Waals surface area (Å²) in [5.74, 6) is 2.14. The van der Waals surface area contributed by atoms with Gasteiger partial charge in [0.05, 0.1) is 11.4 Å². The lowest BCUT2D eigenvalue weighted by Gasteiger charge is -2.30. The number of carbonyl (C=O) groups excluding carboxylic acids is 1. The molecule has 1 fully saturated rings. The van der Waals surface area contributed by atoms with Crippen LogP contribution in [0.3, 0.4) is 0 Å². The Balaban J connectivity index is 2.14. The van der Waals surface area contributed by atoms with Crippen LogP contribution in [0, 0.1) is 12.3 Å². The Morgan fingerprint density at radius 3 is 2.42 bits per heavy atom. The minimum Gasteiger partial charge on any atom is -0.339 e. The van der Waals surface area contributed by atoms with Crippen LogP contribution in [0.2, 0.25) is 0 Å². The van der Waals surface area contributed by atoms with Gasteiger partial charge in [-0.15, -0.1) is 6.42 Å². The summed E-state index contributed by atoms with van der Waals surface area (Å²) in [6, 6.07) is 5.86. The minimum absolute atomic E-state index is 0.0587. The first-order valence-corrected chi connectivity index (χ1v) is 7.35. The van der Waals surface area contributed by atoms with Gasteiger partial charge in [0.2, 0.25) is 10.0 Å². The van der Waals surface area contributed by atoms with E-state index in [1.54, 1.807) is 4.90 Å². The molecule has 19 heavy (non-hydrogen) atoms. The molecule has 5 nitrogen and oxygen atoms in total. The van der Waals surface area contributed by atoms with Crippen molar-refractivity contribution in [3.05, 3.63) is 29.8 Å². The lowest BCUT2D eigenvalue weighted by Crippen LogP contribution is -2.42. The van der Waals surface area contributed by atoms with E-state index in [1.165, 1.54) is 24.3 Å². The Hall–Kier alpha value is -1.84. The molecule has 1 N–H and O–H groups in total. The second-order valence-electron chi connectivity index (χ2n) is 4.20. The SMILES string of the molecule is C#CCNS(=O)(=O)c1ccc(C(=O)N2CCC2)cc1. The molecule has 0 aromatic heterocycles. The van der Waals surface area contributed by atoms with Crippen LogP contribution in [0.15, 0.2) is 29.2 Å². The van der Waals surface area contributed by atoms with Crippen molar-refractivity contribution in [2.45, 2.75) is 11.3 Å². The Bertz CT molecular complexity index is 610. The molecule has 1 aromatic rings. The van der Waals surface area contributed by atoms with Crippen molar-refractivity contribution in [2.24, 2.45) is 0 Å². The van der Waals surface area contributed by atoms with Crippen LogP contribution < -0.4 is 4.72 Å². The van der Waals surface area contributed by atoms with Gasteiger partial charge in [0.1, 0.15) is 0 Å². The zero-order valence-electron chi connectivity index (χ0n) is 10.3. The van der Waals surface area contributed by atoms with Gasteiger partial charge in [-0.05, 0) is 30.7 Å². The molecular formula is C13H14N2O3S. The third-order valence-corrected chi connectivity index (χ3v) is 4.34. The number of hydrogen-bond acceptors (Lipinski definition) is 3. The zero-order valence-corrected chi connectivity index (χ0v) is 11.1. The highest BCUT2D eigenvalue weighted by Crippen LogP contribution is 2.15. The van der Waals surface area contributed by atoms with Crippen molar-refractivity contribution in [3.63, 3.8) is 0 Å². The van der Waals surface area contributed by atoms with E-state index in [-0.39, 0.29) is 17.3 Å². The van der Waals surface area contributed by atoms with E-state index in [0.29, 0.717) is 5.56 Å². The average molecular weight is 278 g/mol. The largest absolute Gasteiger partial charge is 0.339 e. The highest BCUT2D eigenvalue weighted by atomic mass is 32.2. The summed E-state index contributed by atoms with van der Waals surface area (Å²) in [7, 11) is -3.59. The molecule has 100 valence electrons. The summed E-state index contributed by atoms with van der Waals surface area (Å²) < 4.78 is 25.8. The Morgan fingerprint density at radius 1 is 1.32 bits per heavy atom. The summed E-state index contributed by atoms with van der Waals surface area (Å²) in [6.07, 6.45) is 6.03. The monoisotopic (exact) mass is 278 g/mol. The van der Waals surface area contributed by atoms with Gasteiger partial charge in [-0.2, -0.15) is 4.72 Å². The highest BCUT2D eigenvalue weighted by molar-refractivity contribution is 7.89. The van der Waals surface area contributed by atoms with Crippen LogP contribution in [0.25, 0.3) is 0 Å². The normalized spacial score (nSPS) is 14.6. The molecule has 0 aliphatic carbocycles. The molecule has 1 amide bonds. The van der Waals surface area contributed by atoms with Gasteiger partial charge in [-0.1, -0.05) is 5.92 Å². The van der Waals surface area contributed by atoms with Crippen molar-refractivity contribution >= 4 is 15.9 Å². The van der Waals surface area contributed by atoms with Gasteiger partial charge in [0.15, 0.2) is 0 Å². The van der Waals surface area contributed by atoms with Gasteiger partial charge >= 0.3 is 0 Å². The van der Waals surface area contributed by atoms with Gasteiger partial charge in [0.25, 0.3) is 5.91 Å². The zero-order chi connectivity index (χ0) is 13.9. The number of hydrogen-bond donors (Lipinski definition) is 1. The third-order valence-electron chi connectivity index (χ3n) is 2.92. The third kappa shape index (κ3) is 2.95. The summed E-state index contributed by atoms with van der Waals surface area (Å²) in [5.41, 5.74) is 0.496. The summed E-state index contributed by atoms with van der Waals surface area (Å²) in [5, 5.41) is 0. The molecule has 0 unspecified atom stereocenters. The molecule has 0 radical (unpaired) electrons. The van der Waals surface area contributed by atoms with Crippen molar-refractivity contribution in [3.8, 4) is 12.3 Å². The number of likely N-dealkylation sites (tertiary alicyclic amines) is 1. The van der Waals surface area contributed by atoms with Gasteiger partial charge in [0, 0.05) is 18.7 Å². The first-order valence-electron chi connectivity index (χ1n) is 5.87. The average Bonchev–Trinajstić information content (AvgIpc) is 2.34. The number of rotatable bonds is 4. The van der Waals surface area contributed by atoms with E-state index in [9.17, 15) is 13.2 Å². The van der Waals surface area contributed by atoms with Crippen LogP contribution >= 0.6 is 0 Å². The standard InChI is InChI=1S/C13H14N2O3S/c1-2-8-14-19(17,18)12-6-4-11(5-7-12)13(16)15-9-3-10-15/h1,4-7,14H,3,8-10H2. The quantitative estimate of drug-likeness (QED) is 0.813. The lowest BCUT2D eigenvalue weighted by molar-refractivity contribution is 0.0651. The van der Waals surface area contributed by atoms with Gasteiger partial charge in [-0.3, -0.25) is 4.79 Å². The Morgan fingerprint density at radius 2 is 1.95 bits per heavy atom. The molecule has 1 aliphatic rings. The second-order valence-corrected chi connectivity index (χ2v) is 5.97. The molecule has 1 heterocycles. The Kier molecular flexibility index (Phi) is 3.88. The second kappa shape index (κ2) is 5.43. The van der Waals surface area contributed by atoms with Crippen molar-refractivity contribution < 1.29 is 13.2 Å². The topological polar surface area (TPSA) is 66.5 Å². The smallest absolute Gasteiger partial charge is 0.253 e.